The van der Waals surface area contributed by atoms with Crippen LogP contribution in [0, 0.1) is 6.92 Å². The fourth-order valence-electron chi connectivity index (χ4n) is 1.62. The van der Waals surface area contributed by atoms with Gasteiger partial charge in [-0.25, -0.2) is 0 Å². The summed E-state index contributed by atoms with van der Waals surface area (Å²) >= 11 is 0. The van der Waals surface area contributed by atoms with E-state index in [1.165, 1.54) is 6.07 Å². The van der Waals surface area contributed by atoms with Crippen LogP contribution in [0.3, 0.4) is 0 Å². The molecule has 0 aliphatic rings. The summed E-state index contributed by atoms with van der Waals surface area (Å²) in [7, 11) is 0. The summed E-state index contributed by atoms with van der Waals surface area (Å²) in [5.74, 6) is -0.370. The minimum absolute atomic E-state index is 0.0111. The van der Waals surface area contributed by atoms with E-state index in [2.05, 4.69) is 5.32 Å². The van der Waals surface area contributed by atoms with Gasteiger partial charge in [-0.05, 0) is 31.9 Å². The standard InChI is InChI=1S/C13H16F3NO2/c1-9-10(5-4-6-11(9)18)12(19)17-8-3-2-7-13(14,15)16/h4-6,18H,2-3,7-8H2,1H3,(H,17,19). The summed E-state index contributed by atoms with van der Waals surface area (Å²) in [5, 5.41) is 12.0. The lowest BCUT2D eigenvalue weighted by Gasteiger charge is -2.09. The van der Waals surface area contributed by atoms with E-state index >= 15 is 0 Å². The average molecular weight is 275 g/mol. The van der Waals surface area contributed by atoms with Gasteiger partial charge in [0.25, 0.3) is 5.91 Å². The Labute approximate surface area is 109 Å². The number of carbonyl (C=O) groups is 1. The van der Waals surface area contributed by atoms with Crippen molar-refractivity contribution >= 4 is 5.91 Å². The molecule has 6 heteroatoms. The van der Waals surface area contributed by atoms with Gasteiger partial charge in [0.2, 0.25) is 0 Å². The number of phenols is 1. The van der Waals surface area contributed by atoms with Crippen molar-refractivity contribution in [3.8, 4) is 5.75 Å². The molecular formula is C13H16F3NO2. The largest absolute Gasteiger partial charge is 0.508 e. The lowest BCUT2D eigenvalue weighted by atomic mass is 10.1. The first-order valence-electron chi connectivity index (χ1n) is 5.95. The molecule has 1 rings (SSSR count). The average Bonchev–Trinajstić information content (AvgIpc) is 2.30. The molecule has 1 aromatic rings. The third-order valence-corrected chi connectivity index (χ3v) is 2.72. The number of rotatable bonds is 5. The van der Waals surface area contributed by atoms with E-state index < -0.39 is 12.6 Å². The minimum atomic E-state index is -4.15. The predicted octanol–water partition coefficient (Wildman–Crippen LogP) is 3.16. The third-order valence-electron chi connectivity index (χ3n) is 2.72. The second kappa shape index (κ2) is 6.45. The summed E-state index contributed by atoms with van der Waals surface area (Å²) in [4.78, 5) is 11.7. The SMILES string of the molecule is Cc1c(O)cccc1C(=O)NCCCCC(F)(F)F. The molecule has 106 valence electrons. The summed E-state index contributed by atoms with van der Waals surface area (Å²) < 4.78 is 35.7. The first-order chi connectivity index (χ1) is 8.81. The Balaban J connectivity index is 2.38. The normalized spacial score (nSPS) is 11.4. The Bertz CT molecular complexity index is 444. The monoisotopic (exact) mass is 275 g/mol. The second-order valence-electron chi connectivity index (χ2n) is 4.28. The molecule has 19 heavy (non-hydrogen) atoms. The van der Waals surface area contributed by atoms with Crippen LogP contribution in [0.25, 0.3) is 0 Å². The summed E-state index contributed by atoms with van der Waals surface area (Å²) in [5.41, 5.74) is 0.783. The van der Waals surface area contributed by atoms with Crippen molar-refractivity contribution in [3.05, 3.63) is 29.3 Å². The van der Waals surface area contributed by atoms with Crippen molar-refractivity contribution < 1.29 is 23.1 Å². The van der Waals surface area contributed by atoms with Gasteiger partial charge in [0.15, 0.2) is 0 Å². The van der Waals surface area contributed by atoms with Crippen molar-refractivity contribution in [2.75, 3.05) is 6.54 Å². The van der Waals surface area contributed by atoms with Crippen molar-refractivity contribution in [3.63, 3.8) is 0 Å². The molecule has 1 aromatic carbocycles. The van der Waals surface area contributed by atoms with Crippen LogP contribution in [0.4, 0.5) is 13.2 Å². The zero-order chi connectivity index (χ0) is 14.5. The van der Waals surface area contributed by atoms with Crippen LogP contribution in [0.1, 0.15) is 35.2 Å². The number of amides is 1. The van der Waals surface area contributed by atoms with Gasteiger partial charge in [0, 0.05) is 24.1 Å². The molecule has 0 spiro atoms. The minimum Gasteiger partial charge on any atom is -0.508 e. The number of carbonyl (C=O) groups excluding carboxylic acids is 1. The van der Waals surface area contributed by atoms with Gasteiger partial charge >= 0.3 is 6.18 Å². The molecule has 0 aliphatic heterocycles. The van der Waals surface area contributed by atoms with Crippen molar-refractivity contribution in [2.24, 2.45) is 0 Å². The van der Waals surface area contributed by atoms with Crippen molar-refractivity contribution in [1.82, 2.24) is 5.32 Å². The summed E-state index contributed by atoms with van der Waals surface area (Å²) in [6.45, 7) is 1.79. The van der Waals surface area contributed by atoms with Crippen LogP contribution in [-0.2, 0) is 0 Å². The van der Waals surface area contributed by atoms with Gasteiger partial charge in [0.1, 0.15) is 5.75 Å². The van der Waals surface area contributed by atoms with E-state index in [1.54, 1.807) is 19.1 Å². The molecule has 0 atom stereocenters. The van der Waals surface area contributed by atoms with Gasteiger partial charge in [-0.3, -0.25) is 4.79 Å². The van der Waals surface area contributed by atoms with Gasteiger partial charge in [0.05, 0.1) is 0 Å². The number of unbranched alkanes of at least 4 members (excludes halogenated alkanes) is 1. The first kappa shape index (κ1) is 15.3. The highest BCUT2D eigenvalue weighted by Gasteiger charge is 2.25. The van der Waals surface area contributed by atoms with Crippen LogP contribution >= 0.6 is 0 Å². The Kier molecular flexibility index (Phi) is 5.20. The van der Waals surface area contributed by atoms with E-state index in [9.17, 15) is 23.1 Å². The van der Waals surface area contributed by atoms with Crippen LogP contribution in [0.2, 0.25) is 0 Å². The number of halogens is 3. The molecule has 0 saturated carbocycles. The number of alkyl halides is 3. The molecular weight excluding hydrogens is 259 g/mol. The topological polar surface area (TPSA) is 49.3 Å². The van der Waals surface area contributed by atoms with Gasteiger partial charge in [-0.2, -0.15) is 13.2 Å². The van der Waals surface area contributed by atoms with Crippen molar-refractivity contribution in [1.29, 1.82) is 0 Å². The molecule has 0 heterocycles. The first-order valence-corrected chi connectivity index (χ1v) is 5.95. The van der Waals surface area contributed by atoms with E-state index in [0.717, 1.165) is 0 Å². The Morgan fingerprint density at radius 2 is 2.00 bits per heavy atom. The molecule has 0 fully saturated rings. The highest BCUT2D eigenvalue weighted by atomic mass is 19.4. The quantitative estimate of drug-likeness (QED) is 0.811. The molecule has 0 saturated heterocycles. The number of hydrogen-bond donors (Lipinski definition) is 2. The summed E-state index contributed by atoms with van der Waals surface area (Å²) in [6, 6.07) is 4.57. The molecule has 0 bridgehead atoms. The van der Waals surface area contributed by atoms with E-state index in [4.69, 9.17) is 0 Å². The van der Waals surface area contributed by atoms with E-state index in [1.807, 2.05) is 0 Å². The summed E-state index contributed by atoms with van der Waals surface area (Å²) in [6.07, 6.45) is -4.73. The number of aromatic hydroxyl groups is 1. The second-order valence-corrected chi connectivity index (χ2v) is 4.28. The zero-order valence-electron chi connectivity index (χ0n) is 10.5. The van der Waals surface area contributed by atoms with Crippen LogP contribution in [0.5, 0.6) is 5.75 Å². The molecule has 0 radical (unpaired) electrons. The van der Waals surface area contributed by atoms with Crippen LogP contribution < -0.4 is 5.32 Å². The zero-order valence-corrected chi connectivity index (χ0v) is 10.5. The van der Waals surface area contributed by atoms with Gasteiger partial charge in [-0.15, -0.1) is 0 Å². The lowest BCUT2D eigenvalue weighted by molar-refractivity contribution is -0.135. The number of hydrogen-bond acceptors (Lipinski definition) is 2. The highest BCUT2D eigenvalue weighted by Crippen LogP contribution is 2.22. The molecule has 1 amide bonds. The van der Waals surface area contributed by atoms with Crippen molar-refractivity contribution in [2.45, 2.75) is 32.4 Å². The van der Waals surface area contributed by atoms with Crippen LogP contribution in [-0.4, -0.2) is 23.7 Å². The maximum absolute atomic E-state index is 11.9. The molecule has 0 aliphatic carbocycles. The Hall–Kier alpha value is -1.72. The fraction of sp³-hybridized carbons (Fsp3) is 0.462. The smallest absolute Gasteiger partial charge is 0.389 e. The Morgan fingerprint density at radius 3 is 2.63 bits per heavy atom. The lowest BCUT2D eigenvalue weighted by Crippen LogP contribution is -2.25. The third kappa shape index (κ3) is 5.19. The molecule has 0 unspecified atom stereocenters. The van der Waals surface area contributed by atoms with E-state index in [-0.39, 0.29) is 31.0 Å². The van der Waals surface area contributed by atoms with Crippen LogP contribution in [0.15, 0.2) is 18.2 Å². The number of nitrogens with one attached hydrogen (secondary N) is 1. The van der Waals surface area contributed by atoms with E-state index in [0.29, 0.717) is 11.1 Å². The fourth-order valence-corrected chi connectivity index (χ4v) is 1.62. The predicted molar refractivity (Wildman–Crippen MR) is 65.1 cm³/mol. The maximum Gasteiger partial charge on any atom is 0.389 e. The molecule has 2 N–H and O–H groups in total. The molecule has 0 aromatic heterocycles. The van der Waals surface area contributed by atoms with Gasteiger partial charge < -0.3 is 10.4 Å². The van der Waals surface area contributed by atoms with Gasteiger partial charge in [-0.1, -0.05) is 6.07 Å². The Morgan fingerprint density at radius 1 is 1.32 bits per heavy atom. The maximum atomic E-state index is 11.9. The number of phenolic OH excluding ortho intramolecular Hbond substituents is 1. The molecule has 3 nitrogen and oxygen atoms in total. The highest BCUT2D eigenvalue weighted by molar-refractivity contribution is 5.96. The number of benzene rings is 1.